The Labute approximate surface area is 201 Å². The molecule has 7 nitrogen and oxygen atoms in total. The Morgan fingerprint density at radius 1 is 1.09 bits per heavy atom. The Bertz CT molecular complexity index is 1220. The van der Waals surface area contributed by atoms with Gasteiger partial charge < -0.3 is 19.7 Å². The molecule has 3 aliphatic rings. The lowest BCUT2D eigenvalue weighted by Crippen LogP contribution is -2.48. The number of esters is 1. The number of rotatable bonds is 7. The fourth-order valence-corrected chi connectivity index (χ4v) is 5.59. The zero-order chi connectivity index (χ0) is 25.0. The van der Waals surface area contributed by atoms with E-state index in [1.54, 1.807) is 32.2 Å². The SMILES string of the molecule is CCOC(=O)[C@@H]1C[C@]2(COC)C[C@@H]2N1C(=O)CNC(=O)c1ccc2c(c1)-c1ccccc1C2(F)F. The van der Waals surface area contributed by atoms with E-state index >= 15 is 0 Å². The van der Waals surface area contributed by atoms with E-state index in [2.05, 4.69) is 5.32 Å². The van der Waals surface area contributed by atoms with Crippen LogP contribution in [-0.4, -0.2) is 61.6 Å². The fourth-order valence-electron chi connectivity index (χ4n) is 5.59. The fraction of sp³-hybridized carbons (Fsp3) is 0.423. The van der Waals surface area contributed by atoms with Gasteiger partial charge in [0.25, 0.3) is 11.8 Å². The first kappa shape index (κ1) is 23.4. The van der Waals surface area contributed by atoms with Gasteiger partial charge in [0.2, 0.25) is 5.91 Å². The number of amides is 2. The van der Waals surface area contributed by atoms with E-state index in [9.17, 15) is 23.2 Å². The average Bonchev–Trinajstić information content (AvgIpc) is 3.36. The number of hydrogen-bond acceptors (Lipinski definition) is 5. The van der Waals surface area contributed by atoms with Gasteiger partial charge in [0.05, 0.1) is 19.8 Å². The van der Waals surface area contributed by atoms with Crippen molar-refractivity contribution in [3.05, 3.63) is 59.2 Å². The molecule has 2 fully saturated rings. The summed E-state index contributed by atoms with van der Waals surface area (Å²) in [5.41, 5.74) is 0.358. The minimum absolute atomic E-state index is 0.0919. The minimum Gasteiger partial charge on any atom is -0.464 e. The summed E-state index contributed by atoms with van der Waals surface area (Å²) < 4.78 is 40.0. The molecule has 2 aliphatic carbocycles. The maximum absolute atomic E-state index is 14.8. The number of halogens is 2. The van der Waals surface area contributed by atoms with Crippen molar-refractivity contribution in [3.8, 4) is 11.1 Å². The van der Waals surface area contributed by atoms with E-state index in [0.29, 0.717) is 24.2 Å². The molecule has 0 spiro atoms. The van der Waals surface area contributed by atoms with Crippen LogP contribution in [0.2, 0.25) is 0 Å². The van der Waals surface area contributed by atoms with Crippen LogP contribution in [-0.2, 0) is 25.0 Å². The van der Waals surface area contributed by atoms with Crippen molar-refractivity contribution < 1.29 is 32.6 Å². The summed E-state index contributed by atoms with van der Waals surface area (Å²) in [6.45, 7) is 2.02. The molecule has 1 saturated carbocycles. The summed E-state index contributed by atoms with van der Waals surface area (Å²) >= 11 is 0. The van der Waals surface area contributed by atoms with Gasteiger partial charge in [0.1, 0.15) is 6.04 Å². The number of carbonyl (C=O) groups excluding carboxylic acids is 3. The van der Waals surface area contributed by atoms with Crippen LogP contribution in [0.4, 0.5) is 8.78 Å². The summed E-state index contributed by atoms with van der Waals surface area (Å²) in [6, 6.07) is 9.38. The van der Waals surface area contributed by atoms with Crippen molar-refractivity contribution in [1.29, 1.82) is 0 Å². The molecule has 1 saturated heterocycles. The van der Waals surface area contributed by atoms with Crippen LogP contribution in [0, 0.1) is 5.41 Å². The average molecular weight is 484 g/mol. The first-order valence-electron chi connectivity index (χ1n) is 11.6. The van der Waals surface area contributed by atoms with Crippen LogP contribution in [0.5, 0.6) is 0 Å². The molecule has 9 heteroatoms. The van der Waals surface area contributed by atoms with Gasteiger partial charge in [-0.2, -0.15) is 8.78 Å². The number of ether oxygens (including phenoxy) is 2. The molecule has 5 rings (SSSR count). The van der Waals surface area contributed by atoms with E-state index in [1.165, 1.54) is 29.2 Å². The number of nitrogens with zero attached hydrogens (tertiary/aromatic N) is 1. The summed E-state index contributed by atoms with van der Waals surface area (Å²) in [5, 5.41) is 2.59. The number of hydrogen-bond donors (Lipinski definition) is 1. The number of benzene rings is 2. The lowest BCUT2D eigenvalue weighted by atomic mass is 10.0. The highest BCUT2D eigenvalue weighted by molar-refractivity contribution is 5.99. The van der Waals surface area contributed by atoms with Gasteiger partial charge in [-0.1, -0.05) is 30.3 Å². The lowest BCUT2D eigenvalue weighted by Gasteiger charge is -2.26. The second-order valence-electron chi connectivity index (χ2n) is 9.35. The highest BCUT2D eigenvalue weighted by Crippen LogP contribution is 2.59. The van der Waals surface area contributed by atoms with Gasteiger partial charge >= 0.3 is 5.97 Å². The molecule has 35 heavy (non-hydrogen) atoms. The van der Waals surface area contributed by atoms with Crippen LogP contribution in [0.1, 0.15) is 41.3 Å². The Kier molecular flexibility index (Phi) is 5.62. The molecule has 3 atom stereocenters. The van der Waals surface area contributed by atoms with E-state index in [4.69, 9.17) is 9.47 Å². The van der Waals surface area contributed by atoms with Crippen molar-refractivity contribution >= 4 is 17.8 Å². The summed E-state index contributed by atoms with van der Waals surface area (Å²) in [7, 11) is 1.58. The normalized spacial score (nSPS) is 24.9. The third-order valence-corrected chi connectivity index (χ3v) is 7.27. The van der Waals surface area contributed by atoms with E-state index in [1.807, 2.05) is 0 Å². The van der Waals surface area contributed by atoms with E-state index < -0.39 is 29.7 Å². The number of nitrogens with one attached hydrogen (secondary N) is 1. The van der Waals surface area contributed by atoms with Gasteiger partial charge in [-0.3, -0.25) is 9.59 Å². The van der Waals surface area contributed by atoms with E-state index in [0.717, 1.165) is 6.42 Å². The quantitative estimate of drug-likeness (QED) is 0.611. The maximum atomic E-state index is 14.8. The Hall–Kier alpha value is -3.33. The highest BCUT2D eigenvalue weighted by atomic mass is 19.3. The first-order chi connectivity index (χ1) is 16.7. The zero-order valence-electron chi connectivity index (χ0n) is 19.5. The molecule has 1 heterocycles. The number of methoxy groups -OCH3 is 1. The van der Waals surface area contributed by atoms with Crippen molar-refractivity contribution in [2.24, 2.45) is 5.41 Å². The first-order valence-corrected chi connectivity index (χ1v) is 11.6. The summed E-state index contributed by atoms with van der Waals surface area (Å²) in [4.78, 5) is 39.9. The molecule has 0 aromatic heterocycles. The van der Waals surface area contributed by atoms with Crippen LogP contribution in [0.15, 0.2) is 42.5 Å². The molecule has 1 aliphatic heterocycles. The summed E-state index contributed by atoms with van der Waals surface area (Å²) in [6.07, 6.45) is 1.19. The smallest absolute Gasteiger partial charge is 0.328 e. The molecule has 0 radical (unpaired) electrons. The predicted molar refractivity (Wildman–Crippen MR) is 122 cm³/mol. The number of fused-ring (bicyclic) bond motifs is 4. The highest BCUT2D eigenvalue weighted by Gasteiger charge is 2.67. The minimum atomic E-state index is -3.13. The van der Waals surface area contributed by atoms with Gasteiger partial charge in [-0.25, -0.2) is 4.79 Å². The van der Waals surface area contributed by atoms with Crippen LogP contribution in [0.25, 0.3) is 11.1 Å². The number of likely N-dealkylation sites (tertiary alicyclic amines) is 1. The van der Waals surface area contributed by atoms with Crippen LogP contribution >= 0.6 is 0 Å². The van der Waals surface area contributed by atoms with Crippen molar-refractivity contribution in [3.63, 3.8) is 0 Å². The molecule has 184 valence electrons. The number of piperidine rings is 1. The van der Waals surface area contributed by atoms with Gasteiger partial charge in [0, 0.05) is 35.3 Å². The van der Waals surface area contributed by atoms with E-state index in [-0.39, 0.29) is 41.3 Å². The number of alkyl halides is 2. The van der Waals surface area contributed by atoms with Crippen molar-refractivity contribution in [1.82, 2.24) is 10.2 Å². The molecule has 2 aromatic rings. The van der Waals surface area contributed by atoms with Gasteiger partial charge in [-0.15, -0.1) is 0 Å². The van der Waals surface area contributed by atoms with Gasteiger partial charge in [0.15, 0.2) is 0 Å². The van der Waals surface area contributed by atoms with Crippen LogP contribution < -0.4 is 5.32 Å². The molecular weight excluding hydrogens is 458 g/mol. The topological polar surface area (TPSA) is 84.9 Å². The molecule has 2 aromatic carbocycles. The van der Waals surface area contributed by atoms with Gasteiger partial charge in [-0.05, 0) is 43.0 Å². The predicted octanol–water partition coefficient (Wildman–Crippen LogP) is 3.11. The maximum Gasteiger partial charge on any atom is 0.328 e. The largest absolute Gasteiger partial charge is 0.464 e. The molecule has 0 bridgehead atoms. The third kappa shape index (κ3) is 3.69. The monoisotopic (exact) mass is 484 g/mol. The third-order valence-electron chi connectivity index (χ3n) is 7.27. The lowest BCUT2D eigenvalue weighted by molar-refractivity contribution is -0.153. The Balaban J connectivity index is 1.31. The Morgan fingerprint density at radius 2 is 1.83 bits per heavy atom. The molecular formula is C26H26F2N2O5. The Morgan fingerprint density at radius 3 is 2.57 bits per heavy atom. The van der Waals surface area contributed by atoms with Crippen LogP contribution in [0.3, 0.4) is 0 Å². The summed E-state index contributed by atoms with van der Waals surface area (Å²) in [5.74, 6) is -4.55. The number of carbonyl (C=O) groups is 3. The van der Waals surface area contributed by atoms with Crippen molar-refractivity contribution in [2.75, 3.05) is 26.9 Å². The second-order valence-corrected chi connectivity index (χ2v) is 9.35. The molecule has 1 N–H and O–H groups in total. The molecule has 0 unspecified atom stereocenters. The zero-order valence-corrected chi connectivity index (χ0v) is 19.5. The second kappa shape index (κ2) is 8.41. The molecule has 2 amide bonds. The standard InChI is InChI=1S/C26H26F2N2O5/c1-3-35-24(33)20-11-25(14-34-2)12-21(25)30(20)22(31)13-29-23(32)15-8-9-19-17(10-15)16-6-4-5-7-18(16)26(19,27)28/h4-10,20-21H,3,11-14H2,1-2H3,(H,29,32)/t20-,21-,25+/m0/s1. The van der Waals surface area contributed by atoms with Crippen molar-refractivity contribution in [2.45, 2.75) is 37.8 Å².